The molecule has 62 valence electrons. The highest BCUT2D eigenvalue weighted by atomic mass is 15.1. The Morgan fingerprint density at radius 3 is 3.09 bits per heavy atom. The maximum absolute atomic E-state index is 5.19. The summed E-state index contributed by atoms with van der Waals surface area (Å²) < 4.78 is 0. The molecule has 1 aliphatic heterocycles. The Morgan fingerprint density at radius 1 is 1.73 bits per heavy atom. The monoisotopic (exact) mass is 152 g/mol. The van der Waals surface area contributed by atoms with Gasteiger partial charge >= 0.3 is 0 Å². The quantitative estimate of drug-likeness (QED) is 0.585. The highest BCUT2D eigenvalue weighted by molar-refractivity contribution is 4.88. The van der Waals surface area contributed by atoms with Crippen LogP contribution in [0.25, 0.3) is 0 Å². The molecule has 0 aromatic carbocycles. The third-order valence-corrected chi connectivity index (χ3v) is 2.06. The number of hydrogen-bond donors (Lipinski definition) is 1. The summed E-state index contributed by atoms with van der Waals surface area (Å²) in [6, 6.07) is 0.674. The molecular weight excluding hydrogens is 136 g/mol. The molecule has 1 N–H and O–H groups in total. The number of terminal acetylenes is 1. The highest BCUT2D eigenvalue weighted by Crippen LogP contribution is 2.05. The molecule has 11 heavy (non-hydrogen) atoms. The van der Waals surface area contributed by atoms with Crippen LogP contribution in [0.5, 0.6) is 0 Å². The van der Waals surface area contributed by atoms with Crippen molar-refractivity contribution in [3.63, 3.8) is 0 Å². The first-order chi connectivity index (χ1) is 5.33. The number of likely N-dealkylation sites (N-methyl/N-ethyl adjacent to an activating group) is 1. The van der Waals surface area contributed by atoms with Gasteiger partial charge in [-0.1, -0.05) is 5.92 Å². The van der Waals surface area contributed by atoms with Crippen molar-refractivity contribution in [1.29, 1.82) is 0 Å². The first-order valence-corrected chi connectivity index (χ1v) is 4.18. The van der Waals surface area contributed by atoms with Crippen molar-refractivity contribution in [2.75, 3.05) is 26.7 Å². The Balaban J connectivity index is 2.14. The van der Waals surface area contributed by atoms with Gasteiger partial charge in [-0.2, -0.15) is 0 Å². The van der Waals surface area contributed by atoms with Crippen LogP contribution in [-0.4, -0.2) is 37.6 Å². The molecule has 0 radical (unpaired) electrons. The van der Waals surface area contributed by atoms with Crippen molar-refractivity contribution in [1.82, 2.24) is 10.2 Å². The van der Waals surface area contributed by atoms with Gasteiger partial charge < -0.3 is 5.32 Å². The minimum Gasteiger partial charge on any atom is -0.313 e. The van der Waals surface area contributed by atoms with Crippen LogP contribution < -0.4 is 5.32 Å². The molecule has 0 aromatic rings. The van der Waals surface area contributed by atoms with E-state index in [1.165, 1.54) is 19.4 Å². The molecule has 1 fully saturated rings. The molecule has 1 atom stereocenters. The highest BCUT2D eigenvalue weighted by Gasteiger charge is 2.14. The molecule has 2 heteroatoms. The van der Waals surface area contributed by atoms with Crippen molar-refractivity contribution in [3.8, 4) is 12.3 Å². The number of nitrogens with one attached hydrogen (secondary N) is 1. The van der Waals surface area contributed by atoms with Gasteiger partial charge in [0.2, 0.25) is 0 Å². The van der Waals surface area contributed by atoms with Crippen LogP contribution in [0, 0.1) is 12.3 Å². The molecule has 0 bridgehead atoms. The Labute approximate surface area is 69.0 Å². The average molecular weight is 152 g/mol. The second-order valence-electron chi connectivity index (χ2n) is 3.19. The Bertz CT molecular complexity index is 142. The molecule has 1 aliphatic rings. The third kappa shape index (κ3) is 2.92. The standard InChI is InChI=1S/C9H16N2/c1-3-7-11(2)8-9-5-4-6-10-9/h1,9-10H,4-8H2,2H3. The second kappa shape index (κ2) is 4.38. The van der Waals surface area contributed by atoms with Gasteiger partial charge in [-0.3, -0.25) is 4.90 Å². The van der Waals surface area contributed by atoms with Crippen LogP contribution in [0.1, 0.15) is 12.8 Å². The van der Waals surface area contributed by atoms with Crippen molar-refractivity contribution in [2.24, 2.45) is 0 Å². The largest absolute Gasteiger partial charge is 0.313 e. The van der Waals surface area contributed by atoms with Gasteiger partial charge in [-0.25, -0.2) is 0 Å². The predicted octanol–water partition coefficient (Wildman–Crippen LogP) is 0.303. The SMILES string of the molecule is C#CCN(C)CC1CCCN1. The van der Waals surface area contributed by atoms with E-state index in [0.717, 1.165) is 13.1 Å². The van der Waals surface area contributed by atoms with Crippen LogP contribution in [0.3, 0.4) is 0 Å². The summed E-state index contributed by atoms with van der Waals surface area (Å²) in [6.07, 6.45) is 7.81. The minimum atomic E-state index is 0.674. The van der Waals surface area contributed by atoms with Gasteiger partial charge in [-0.15, -0.1) is 6.42 Å². The zero-order valence-corrected chi connectivity index (χ0v) is 7.14. The van der Waals surface area contributed by atoms with Gasteiger partial charge in [0.1, 0.15) is 0 Å². The molecule has 1 saturated heterocycles. The zero-order chi connectivity index (χ0) is 8.10. The maximum atomic E-state index is 5.19. The van der Waals surface area contributed by atoms with Crippen molar-refractivity contribution >= 4 is 0 Å². The lowest BCUT2D eigenvalue weighted by molar-refractivity contribution is 0.332. The van der Waals surface area contributed by atoms with Crippen LogP contribution >= 0.6 is 0 Å². The molecule has 0 saturated carbocycles. The fraction of sp³-hybridized carbons (Fsp3) is 0.778. The average Bonchev–Trinajstić information content (AvgIpc) is 2.40. The smallest absolute Gasteiger partial charge is 0.0596 e. The van der Waals surface area contributed by atoms with E-state index in [-0.39, 0.29) is 0 Å². The van der Waals surface area contributed by atoms with Crippen molar-refractivity contribution < 1.29 is 0 Å². The van der Waals surface area contributed by atoms with Crippen LogP contribution in [0.4, 0.5) is 0 Å². The first kappa shape index (κ1) is 8.58. The fourth-order valence-corrected chi connectivity index (χ4v) is 1.51. The van der Waals surface area contributed by atoms with E-state index in [9.17, 15) is 0 Å². The lowest BCUT2D eigenvalue weighted by atomic mass is 10.2. The fourth-order valence-electron chi connectivity index (χ4n) is 1.51. The summed E-state index contributed by atoms with van der Waals surface area (Å²) >= 11 is 0. The maximum Gasteiger partial charge on any atom is 0.0596 e. The topological polar surface area (TPSA) is 15.3 Å². The Hall–Kier alpha value is -0.520. The molecule has 0 spiro atoms. The predicted molar refractivity (Wildman–Crippen MR) is 47.4 cm³/mol. The van der Waals surface area contributed by atoms with Gasteiger partial charge in [0, 0.05) is 12.6 Å². The van der Waals surface area contributed by atoms with Gasteiger partial charge in [-0.05, 0) is 26.4 Å². The number of nitrogens with zero attached hydrogens (tertiary/aromatic N) is 1. The lowest BCUT2D eigenvalue weighted by Gasteiger charge is -2.18. The molecule has 0 aliphatic carbocycles. The van der Waals surface area contributed by atoms with E-state index >= 15 is 0 Å². The van der Waals surface area contributed by atoms with E-state index < -0.39 is 0 Å². The third-order valence-electron chi connectivity index (χ3n) is 2.06. The second-order valence-corrected chi connectivity index (χ2v) is 3.19. The van der Waals surface area contributed by atoms with Gasteiger partial charge in [0.05, 0.1) is 6.54 Å². The van der Waals surface area contributed by atoms with E-state index in [1.807, 2.05) is 0 Å². The summed E-state index contributed by atoms with van der Waals surface area (Å²) in [4.78, 5) is 2.18. The summed E-state index contributed by atoms with van der Waals surface area (Å²) in [5, 5.41) is 3.44. The van der Waals surface area contributed by atoms with Crippen LogP contribution in [0.2, 0.25) is 0 Å². The molecule has 2 nitrogen and oxygen atoms in total. The van der Waals surface area contributed by atoms with Gasteiger partial charge in [0.25, 0.3) is 0 Å². The first-order valence-electron chi connectivity index (χ1n) is 4.18. The van der Waals surface area contributed by atoms with Crippen LogP contribution in [-0.2, 0) is 0 Å². The normalized spacial score (nSPS) is 23.9. The number of rotatable bonds is 3. The van der Waals surface area contributed by atoms with E-state index in [2.05, 4.69) is 23.2 Å². The summed E-state index contributed by atoms with van der Waals surface area (Å²) in [5.74, 6) is 2.64. The van der Waals surface area contributed by atoms with Crippen molar-refractivity contribution in [2.45, 2.75) is 18.9 Å². The van der Waals surface area contributed by atoms with E-state index in [1.54, 1.807) is 0 Å². The summed E-state index contributed by atoms with van der Waals surface area (Å²) in [5.41, 5.74) is 0. The molecule has 1 rings (SSSR count). The van der Waals surface area contributed by atoms with E-state index in [4.69, 9.17) is 6.42 Å². The molecule has 1 heterocycles. The van der Waals surface area contributed by atoms with E-state index in [0.29, 0.717) is 6.04 Å². The molecule has 0 amide bonds. The molecular formula is C9H16N2. The summed E-state index contributed by atoms with van der Waals surface area (Å²) in [7, 11) is 2.07. The lowest BCUT2D eigenvalue weighted by Crippen LogP contribution is -2.35. The Morgan fingerprint density at radius 2 is 2.55 bits per heavy atom. The summed E-state index contributed by atoms with van der Waals surface area (Å²) in [6.45, 7) is 3.02. The zero-order valence-electron chi connectivity index (χ0n) is 7.14. The minimum absolute atomic E-state index is 0.674. The Kier molecular flexibility index (Phi) is 3.41. The van der Waals surface area contributed by atoms with Gasteiger partial charge in [0.15, 0.2) is 0 Å². The molecule has 0 aromatic heterocycles. The van der Waals surface area contributed by atoms with Crippen molar-refractivity contribution in [3.05, 3.63) is 0 Å². The molecule has 1 unspecified atom stereocenters. The number of hydrogen-bond acceptors (Lipinski definition) is 2. The van der Waals surface area contributed by atoms with Crippen LogP contribution in [0.15, 0.2) is 0 Å².